The fraction of sp³-hybridized carbons (Fsp3) is 0.917. The maximum atomic E-state index is 10.5. The average Bonchev–Trinajstić information content (AvgIpc) is 2.74. The van der Waals surface area contributed by atoms with E-state index in [4.69, 9.17) is 5.11 Å². The standard InChI is InChI=1S/C12H20O2S/c1-8(4-12(13)14)15-7-11-6-9-2-3-10(11)5-9/h8-11H,2-7H2,1H3,(H,13,14). The second kappa shape index (κ2) is 4.77. The topological polar surface area (TPSA) is 37.3 Å². The van der Waals surface area contributed by atoms with Gasteiger partial charge in [-0.25, -0.2) is 0 Å². The molecule has 86 valence electrons. The minimum absolute atomic E-state index is 0.279. The van der Waals surface area contributed by atoms with Gasteiger partial charge in [0.25, 0.3) is 0 Å². The van der Waals surface area contributed by atoms with Crippen LogP contribution in [0.1, 0.15) is 39.0 Å². The number of hydrogen-bond acceptors (Lipinski definition) is 2. The van der Waals surface area contributed by atoms with Crippen LogP contribution < -0.4 is 0 Å². The molecule has 2 aliphatic carbocycles. The maximum absolute atomic E-state index is 10.5. The second-order valence-electron chi connectivity index (χ2n) is 5.18. The third-order valence-corrected chi connectivity index (χ3v) is 5.30. The smallest absolute Gasteiger partial charge is 0.304 e. The number of hydrogen-bond donors (Lipinski definition) is 1. The highest BCUT2D eigenvalue weighted by Crippen LogP contribution is 2.49. The van der Waals surface area contributed by atoms with E-state index in [1.807, 2.05) is 18.7 Å². The Labute approximate surface area is 95.8 Å². The lowest BCUT2D eigenvalue weighted by atomic mass is 9.90. The molecule has 4 unspecified atom stereocenters. The van der Waals surface area contributed by atoms with Gasteiger partial charge in [0.1, 0.15) is 0 Å². The zero-order valence-electron chi connectivity index (χ0n) is 9.32. The first-order valence-electron chi connectivity index (χ1n) is 5.98. The molecule has 0 radical (unpaired) electrons. The first kappa shape index (κ1) is 11.3. The molecule has 0 amide bonds. The fourth-order valence-electron chi connectivity index (χ4n) is 3.17. The van der Waals surface area contributed by atoms with Crippen LogP contribution in [0.4, 0.5) is 0 Å². The summed E-state index contributed by atoms with van der Waals surface area (Å²) in [6.45, 7) is 2.03. The van der Waals surface area contributed by atoms with E-state index in [9.17, 15) is 4.79 Å². The Bertz CT molecular complexity index is 242. The lowest BCUT2D eigenvalue weighted by Gasteiger charge is -2.22. The Morgan fingerprint density at radius 2 is 2.27 bits per heavy atom. The zero-order chi connectivity index (χ0) is 10.8. The van der Waals surface area contributed by atoms with Crippen LogP contribution in [0.3, 0.4) is 0 Å². The van der Waals surface area contributed by atoms with Gasteiger partial charge in [-0.15, -0.1) is 0 Å². The number of aliphatic carboxylic acids is 1. The Morgan fingerprint density at radius 1 is 1.47 bits per heavy atom. The highest BCUT2D eigenvalue weighted by Gasteiger charge is 2.39. The van der Waals surface area contributed by atoms with E-state index < -0.39 is 5.97 Å². The van der Waals surface area contributed by atoms with Crippen LogP contribution in [-0.2, 0) is 4.79 Å². The summed E-state index contributed by atoms with van der Waals surface area (Å²) in [6.07, 6.45) is 6.07. The van der Waals surface area contributed by atoms with Crippen molar-refractivity contribution in [2.24, 2.45) is 17.8 Å². The van der Waals surface area contributed by atoms with E-state index in [0.29, 0.717) is 6.42 Å². The molecule has 0 aromatic carbocycles. The Hall–Kier alpha value is -0.180. The van der Waals surface area contributed by atoms with Crippen molar-refractivity contribution in [3.8, 4) is 0 Å². The largest absolute Gasteiger partial charge is 0.481 e. The van der Waals surface area contributed by atoms with Gasteiger partial charge in [0.05, 0.1) is 6.42 Å². The van der Waals surface area contributed by atoms with Crippen molar-refractivity contribution in [1.82, 2.24) is 0 Å². The number of thioether (sulfide) groups is 1. The molecule has 2 fully saturated rings. The van der Waals surface area contributed by atoms with Crippen LogP contribution >= 0.6 is 11.8 Å². The van der Waals surface area contributed by atoms with Gasteiger partial charge in [-0.3, -0.25) is 4.79 Å². The van der Waals surface area contributed by atoms with Gasteiger partial charge in [0, 0.05) is 5.25 Å². The summed E-state index contributed by atoms with van der Waals surface area (Å²) in [5.41, 5.74) is 0. The van der Waals surface area contributed by atoms with Gasteiger partial charge in [-0.05, 0) is 42.8 Å². The van der Waals surface area contributed by atoms with Gasteiger partial charge >= 0.3 is 5.97 Å². The van der Waals surface area contributed by atoms with E-state index in [1.165, 1.54) is 31.4 Å². The lowest BCUT2D eigenvalue weighted by Crippen LogP contribution is -2.15. The monoisotopic (exact) mass is 228 g/mol. The maximum Gasteiger partial charge on any atom is 0.304 e. The molecule has 0 spiro atoms. The quantitative estimate of drug-likeness (QED) is 0.786. The third-order valence-electron chi connectivity index (χ3n) is 3.94. The van der Waals surface area contributed by atoms with E-state index in [1.54, 1.807) is 0 Å². The Kier molecular flexibility index (Phi) is 3.60. The lowest BCUT2D eigenvalue weighted by molar-refractivity contribution is -0.136. The summed E-state index contributed by atoms with van der Waals surface area (Å²) in [7, 11) is 0. The van der Waals surface area contributed by atoms with Crippen LogP contribution in [0, 0.1) is 17.8 Å². The van der Waals surface area contributed by atoms with Gasteiger partial charge in [-0.1, -0.05) is 13.3 Å². The van der Waals surface area contributed by atoms with Crippen molar-refractivity contribution in [1.29, 1.82) is 0 Å². The molecular weight excluding hydrogens is 208 g/mol. The first-order chi connectivity index (χ1) is 7.15. The second-order valence-corrected chi connectivity index (χ2v) is 6.65. The van der Waals surface area contributed by atoms with Crippen LogP contribution in [-0.4, -0.2) is 22.1 Å². The summed E-state index contributed by atoms with van der Waals surface area (Å²) in [4.78, 5) is 10.5. The van der Waals surface area contributed by atoms with E-state index in [0.717, 1.165) is 17.8 Å². The number of carboxylic acids is 1. The molecule has 4 atom stereocenters. The number of carboxylic acid groups (broad SMARTS) is 1. The molecule has 0 aliphatic heterocycles. The van der Waals surface area contributed by atoms with Gasteiger partial charge in [-0.2, -0.15) is 11.8 Å². The summed E-state index contributed by atoms with van der Waals surface area (Å²) in [5.74, 6) is 3.40. The number of carbonyl (C=O) groups is 1. The SMILES string of the molecule is CC(CC(=O)O)SCC1CC2CCC1C2. The highest BCUT2D eigenvalue weighted by molar-refractivity contribution is 7.99. The molecular formula is C12H20O2S. The molecule has 2 rings (SSSR count). The normalized spacial score (nSPS) is 35.7. The predicted octanol–water partition coefficient (Wildman–Crippen LogP) is 3.02. The average molecular weight is 228 g/mol. The van der Waals surface area contributed by atoms with Crippen LogP contribution in [0.15, 0.2) is 0 Å². The molecule has 2 saturated carbocycles. The van der Waals surface area contributed by atoms with Crippen molar-refractivity contribution in [3.05, 3.63) is 0 Å². The molecule has 2 nitrogen and oxygen atoms in total. The molecule has 15 heavy (non-hydrogen) atoms. The molecule has 1 N–H and O–H groups in total. The summed E-state index contributed by atoms with van der Waals surface area (Å²) in [6, 6.07) is 0. The molecule has 0 saturated heterocycles. The van der Waals surface area contributed by atoms with Crippen molar-refractivity contribution >= 4 is 17.7 Å². The van der Waals surface area contributed by atoms with Crippen molar-refractivity contribution in [3.63, 3.8) is 0 Å². The summed E-state index contributed by atoms with van der Waals surface area (Å²) < 4.78 is 0. The van der Waals surface area contributed by atoms with Crippen LogP contribution in [0.25, 0.3) is 0 Å². The van der Waals surface area contributed by atoms with E-state index in [2.05, 4.69) is 0 Å². The number of fused-ring (bicyclic) bond motifs is 2. The molecule has 2 aliphatic rings. The third kappa shape index (κ3) is 2.90. The summed E-state index contributed by atoms with van der Waals surface area (Å²) >= 11 is 1.86. The minimum Gasteiger partial charge on any atom is -0.481 e. The highest BCUT2D eigenvalue weighted by atomic mass is 32.2. The van der Waals surface area contributed by atoms with Crippen molar-refractivity contribution in [2.45, 2.75) is 44.3 Å². The predicted molar refractivity (Wildman–Crippen MR) is 63.1 cm³/mol. The first-order valence-corrected chi connectivity index (χ1v) is 7.03. The zero-order valence-corrected chi connectivity index (χ0v) is 10.1. The minimum atomic E-state index is -0.664. The van der Waals surface area contributed by atoms with Gasteiger partial charge < -0.3 is 5.11 Å². The summed E-state index contributed by atoms with van der Waals surface area (Å²) in [5, 5.41) is 8.95. The molecule has 0 aromatic heterocycles. The molecule has 3 heteroatoms. The van der Waals surface area contributed by atoms with E-state index in [-0.39, 0.29) is 5.25 Å². The number of rotatable bonds is 5. The van der Waals surface area contributed by atoms with Crippen LogP contribution in [0.5, 0.6) is 0 Å². The van der Waals surface area contributed by atoms with Crippen molar-refractivity contribution < 1.29 is 9.90 Å². The van der Waals surface area contributed by atoms with E-state index >= 15 is 0 Å². The molecule has 2 bridgehead atoms. The Balaban J connectivity index is 1.68. The van der Waals surface area contributed by atoms with Crippen molar-refractivity contribution in [2.75, 3.05) is 5.75 Å². The van der Waals surface area contributed by atoms with Gasteiger partial charge in [0.15, 0.2) is 0 Å². The van der Waals surface area contributed by atoms with Crippen LogP contribution in [0.2, 0.25) is 0 Å². The van der Waals surface area contributed by atoms with Gasteiger partial charge in [0.2, 0.25) is 0 Å². The Morgan fingerprint density at radius 3 is 2.80 bits per heavy atom. The molecule has 0 heterocycles. The molecule has 0 aromatic rings. The fourth-order valence-corrected chi connectivity index (χ4v) is 4.42.